The molecule has 0 aromatic heterocycles. The molecule has 2 amide bonds. The molecule has 1 atom stereocenters. The Balaban J connectivity index is 1.75. The highest BCUT2D eigenvalue weighted by molar-refractivity contribution is 6.35. The predicted octanol–water partition coefficient (Wildman–Crippen LogP) is 1.000. The molecule has 0 saturated carbocycles. The van der Waals surface area contributed by atoms with Gasteiger partial charge >= 0.3 is 11.8 Å². The van der Waals surface area contributed by atoms with Gasteiger partial charge in [0, 0.05) is 58.5 Å². The molecule has 1 fully saturated rings. The second kappa shape index (κ2) is 10.1. The van der Waals surface area contributed by atoms with E-state index in [-0.39, 0.29) is 6.04 Å². The van der Waals surface area contributed by atoms with Crippen LogP contribution in [0.2, 0.25) is 0 Å². The van der Waals surface area contributed by atoms with Crippen molar-refractivity contribution in [3.63, 3.8) is 0 Å². The zero-order valence-corrected chi connectivity index (χ0v) is 18.0. The Labute approximate surface area is 174 Å². The van der Waals surface area contributed by atoms with Crippen molar-refractivity contribution in [1.82, 2.24) is 20.4 Å². The van der Waals surface area contributed by atoms with E-state index >= 15 is 0 Å². The van der Waals surface area contributed by atoms with Crippen molar-refractivity contribution in [3.05, 3.63) is 29.3 Å². The van der Waals surface area contributed by atoms with Gasteiger partial charge in [0.2, 0.25) is 0 Å². The number of piperazine rings is 1. The Bertz CT molecular complexity index is 715. The van der Waals surface area contributed by atoms with Crippen molar-refractivity contribution < 1.29 is 9.59 Å². The summed E-state index contributed by atoms with van der Waals surface area (Å²) >= 11 is 0. The van der Waals surface area contributed by atoms with Gasteiger partial charge in [0.25, 0.3) is 0 Å². The van der Waals surface area contributed by atoms with Crippen LogP contribution >= 0.6 is 0 Å². The van der Waals surface area contributed by atoms with Crippen LogP contribution in [-0.2, 0) is 16.0 Å². The van der Waals surface area contributed by atoms with Gasteiger partial charge in [0.05, 0.1) is 6.04 Å². The lowest BCUT2D eigenvalue weighted by molar-refractivity contribution is -0.139. The number of anilines is 1. The van der Waals surface area contributed by atoms with Crippen LogP contribution in [0, 0.1) is 0 Å². The van der Waals surface area contributed by atoms with Crippen molar-refractivity contribution >= 4 is 17.5 Å². The number of likely N-dealkylation sites (N-methyl/N-ethyl adjacent to an activating group) is 1. The van der Waals surface area contributed by atoms with Crippen LogP contribution in [0.3, 0.4) is 0 Å². The number of aryl methyl sites for hydroxylation is 1. The van der Waals surface area contributed by atoms with Gasteiger partial charge in [0.15, 0.2) is 0 Å². The van der Waals surface area contributed by atoms with Gasteiger partial charge in [-0.1, -0.05) is 19.1 Å². The number of carbonyl (C=O) groups is 2. The molecule has 160 valence electrons. The lowest BCUT2D eigenvalue weighted by atomic mass is 9.95. The van der Waals surface area contributed by atoms with Crippen molar-refractivity contribution in [3.8, 4) is 0 Å². The smallest absolute Gasteiger partial charge is 0.309 e. The molecule has 0 aliphatic carbocycles. The van der Waals surface area contributed by atoms with E-state index in [2.05, 4.69) is 57.6 Å². The fourth-order valence-electron chi connectivity index (χ4n) is 4.19. The molecule has 2 aliphatic rings. The molecule has 29 heavy (non-hydrogen) atoms. The average Bonchev–Trinajstić information content (AvgIpc) is 2.73. The average molecular weight is 402 g/mol. The van der Waals surface area contributed by atoms with Crippen molar-refractivity contribution in [2.24, 2.45) is 0 Å². The van der Waals surface area contributed by atoms with Gasteiger partial charge in [-0.25, -0.2) is 0 Å². The van der Waals surface area contributed by atoms with Crippen LogP contribution in [0.4, 0.5) is 5.69 Å². The zero-order chi connectivity index (χ0) is 20.8. The number of rotatable bonds is 6. The Hall–Kier alpha value is -2.12. The van der Waals surface area contributed by atoms with Crippen LogP contribution < -0.4 is 15.5 Å². The molecule has 2 heterocycles. The minimum absolute atomic E-state index is 0.0733. The monoisotopic (exact) mass is 401 g/mol. The van der Waals surface area contributed by atoms with Crippen LogP contribution in [0.1, 0.15) is 36.9 Å². The highest BCUT2D eigenvalue weighted by Crippen LogP contribution is 2.31. The lowest BCUT2D eigenvalue weighted by Gasteiger charge is -2.39. The van der Waals surface area contributed by atoms with Crippen molar-refractivity contribution in [2.45, 2.75) is 32.2 Å². The predicted molar refractivity (Wildman–Crippen MR) is 116 cm³/mol. The van der Waals surface area contributed by atoms with E-state index in [4.69, 9.17) is 0 Å². The maximum atomic E-state index is 12.2. The maximum absolute atomic E-state index is 12.2. The molecule has 7 nitrogen and oxygen atoms in total. The van der Waals surface area contributed by atoms with Gasteiger partial charge < -0.3 is 20.4 Å². The Morgan fingerprint density at radius 3 is 2.48 bits per heavy atom. The summed E-state index contributed by atoms with van der Waals surface area (Å²) < 4.78 is 0. The molecular formula is C22H35N5O2. The first-order chi connectivity index (χ1) is 14.0. The first kappa shape index (κ1) is 21.6. The summed E-state index contributed by atoms with van der Waals surface area (Å²) in [7, 11) is 4.28. The molecule has 0 spiro atoms. The number of nitrogens with zero attached hydrogens (tertiary/aromatic N) is 3. The summed E-state index contributed by atoms with van der Waals surface area (Å²) in [6.07, 6.45) is 3.07. The number of amides is 2. The standard InChI is InChI=1S/C22H35N5O2/c1-4-9-23-21(28)22(29)24-16-20(27-13-11-25(2)12-14-27)18-7-8-19-17(15-18)6-5-10-26(19)3/h7-8,15,20H,4-6,9-14,16H2,1-3H3,(H,23,28)(H,24,29). The van der Waals surface area contributed by atoms with E-state index in [1.165, 1.54) is 23.2 Å². The molecule has 1 aromatic carbocycles. The van der Waals surface area contributed by atoms with Gasteiger partial charge in [-0.3, -0.25) is 14.5 Å². The SMILES string of the molecule is CCCNC(=O)C(=O)NCC(c1ccc2c(c1)CCCN2C)N1CCN(C)CC1. The number of hydrogen-bond acceptors (Lipinski definition) is 5. The zero-order valence-electron chi connectivity index (χ0n) is 18.0. The molecule has 0 radical (unpaired) electrons. The third-order valence-corrected chi connectivity index (χ3v) is 6.02. The van der Waals surface area contributed by atoms with E-state index in [0.29, 0.717) is 13.1 Å². The third-order valence-electron chi connectivity index (χ3n) is 6.02. The molecule has 3 rings (SSSR count). The number of fused-ring (bicyclic) bond motifs is 1. The first-order valence-electron chi connectivity index (χ1n) is 10.8. The Morgan fingerprint density at radius 2 is 1.76 bits per heavy atom. The quantitative estimate of drug-likeness (QED) is 0.696. The fourth-order valence-corrected chi connectivity index (χ4v) is 4.19. The van der Waals surface area contributed by atoms with Crippen molar-refractivity contribution in [1.29, 1.82) is 0 Å². The second-order valence-corrected chi connectivity index (χ2v) is 8.23. The lowest BCUT2D eigenvalue weighted by Crippen LogP contribution is -2.49. The minimum atomic E-state index is -0.546. The van der Waals surface area contributed by atoms with Crippen LogP contribution in [0.15, 0.2) is 18.2 Å². The van der Waals surface area contributed by atoms with Crippen LogP contribution in [0.5, 0.6) is 0 Å². The Kier molecular flexibility index (Phi) is 7.50. The van der Waals surface area contributed by atoms with E-state index < -0.39 is 11.8 Å². The summed E-state index contributed by atoms with van der Waals surface area (Å²) in [5.74, 6) is -1.09. The molecule has 1 unspecified atom stereocenters. The summed E-state index contributed by atoms with van der Waals surface area (Å²) in [6.45, 7) is 7.95. The highest BCUT2D eigenvalue weighted by atomic mass is 16.2. The van der Waals surface area contributed by atoms with Gasteiger partial charge in [-0.15, -0.1) is 0 Å². The minimum Gasteiger partial charge on any atom is -0.374 e. The largest absolute Gasteiger partial charge is 0.374 e. The van der Waals surface area contributed by atoms with E-state index in [0.717, 1.165) is 45.6 Å². The number of carbonyl (C=O) groups excluding carboxylic acids is 2. The number of nitrogens with one attached hydrogen (secondary N) is 2. The van der Waals surface area contributed by atoms with Crippen LogP contribution in [-0.4, -0.2) is 81.5 Å². The number of benzene rings is 1. The normalized spacial score (nSPS) is 18.8. The number of hydrogen-bond donors (Lipinski definition) is 2. The molecule has 2 N–H and O–H groups in total. The molecular weight excluding hydrogens is 366 g/mol. The van der Waals surface area contributed by atoms with E-state index in [1.807, 2.05) is 6.92 Å². The topological polar surface area (TPSA) is 67.9 Å². The fraction of sp³-hybridized carbons (Fsp3) is 0.636. The summed E-state index contributed by atoms with van der Waals surface area (Å²) in [5, 5.41) is 5.52. The van der Waals surface area contributed by atoms with Gasteiger partial charge in [-0.2, -0.15) is 0 Å². The van der Waals surface area contributed by atoms with E-state index in [9.17, 15) is 9.59 Å². The molecule has 1 aromatic rings. The summed E-state index contributed by atoms with van der Waals surface area (Å²) in [6, 6.07) is 6.77. The first-order valence-corrected chi connectivity index (χ1v) is 10.8. The van der Waals surface area contributed by atoms with Crippen LogP contribution in [0.25, 0.3) is 0 Å². The molecule has 7 heteroatoms. The van der Waals surface area contributed by atoms with Gasteiger partial charge in [-0.05, 0) is 43.5 Å². The maximum Gasteiger partial charge on any atom is 0.309 e. The molecule has 0 bridgehead atoms. The Morgan fingerprint density at radius 1 is 1.03 bits per heavy atom. The third kappa shape index (κ3) is 5.48. The van der Waals surface area contributed by atoms with Crippen molar-refractivity contribution in [2.75, 3.05) is 64.8 Å². The van der Waals surface area contributed by atoms with Gasteiger partial charge in [0.1, 0.15) is 0 Å². The van der Waals surface area contributed by atoms with E-state index in [1.54, 1.807) is 0 Å². The summed E-state index contributed by atoms with van der Waals surface area (Å²) in [5.41, 5.74) is 3.90. The summed E-state index contributed by atoms with van der Waals surface area (Å²) in [4.78, 5) is 31.3. The molecule has 1 saturated heterocycles. The second-order valence-electron chi connectivity index (χ2n) is 8.23. The highest BCUT2D eigenvalue weighted by Gasteiger charge is 2.26. The molecule has 2 aliphatic heterocycles.